The first-order valence-electron chi connectivity index (χ1n) is 7.90. The summed E-state index contributed by atoms with van der Waals surface area (Å²) in [6, 6.07) is 12.6. The van der Waals surface area contributed by atoms with Crippen molar-refractivity contribution >= 4 is 11.6 Å². The smallest absolute Gasteiger partial charge is 0.270 e. The molecule has 1 atom stereocenters. The summed E-state index contributed by atoms with van der Waals surface area (Å²) in [7, 11) is 0. The number of amides is 1. The topological polar surface area (TPSA) is 111 Å². The number of carbonyl (C=O) groups excluding carboxylic acids is 1. The number of aromatic nitrogens is 2. The van der Waals surface area contributed by atoms with E-state index in [1.54, 1.807) is 6.92 Å². The lowest BCUT2D eigenvalue weighted by atomic mass is 10.1. The number of rotatable bonds is 5. The van der Waals surface area contributed by atoms with Crippen LogP contribution < -0.4 is 5.32 Å². The van der Waals surface area contributed by atoms with Crippen LogP contribution >= 0.6 is 0 Å². The molecule has 1 amide bonds. The highest BCUT2D eigenvalue weighted by atomic mass is 16.6. The molecule has 0 fully saturated rings. The molecule has 3 rings (SSSR count). The van der Waals surface area contributed by atoms with Gasteiger partial charge in [0.2, 0.25) is 11.7 Å². The van der Waals surface area contributed by atoms with Gasteiger partial charge in [-0.25, -0.2) is 0 Å². The molecule has 0 radical (unpaired) electrons. The number of aryl methyl sites for hydroxylation is 1. The zero-order valence-corrected chi connectivity index (χ0v) is 14.2. The molecule has 1 aromatic heterocycles. The first kappa shape index (κ1) is 17.3. The molecular weight excluding hydrogens is 336 g/mol. The van der Waals surface area contributed by atoms with Crippen LogP contribution in [-0.2, 0) is 0 Å². The fourth-order valence-corrected chi connectivity index (χ4v) is 2.33. The lowest BCUT2D eigenvalue weighted by Crippen LogP contribution is -2.26. The number of benzene rings is 2. The highest BCUT2D eigenvalue weighted by Crippen LogP contribution is 2.20. The molecule has 0 aliphatic rings. The number of nitrogens with one attached hydrogen (secondary N) is 1. The van der Waals surface area contributed by atoms with Crippen LogP contribution in [0.5, 0.6) is 0 Å². The normalized spacial score (nSPS) is 11.8. The molecule has 1 heterocycles. The van der Waals surface area contributed by atoms with Crippen molar-refractivity contribution in [3.63, 3.8) is 0 Å². The summed E-state index contributed by atoms with van der Waals surface area (Å²) in [6.45, 7) is 3.68. The lowest BCUT2D eigenvalue weighted by molar-refractivity contribution is -0.384. The highest BCUT2D eigenvalue weighted by molar-refractivity contribution is 5.95. The van der Waals surface area contributed by atoms with Gasteiger partial charge in [-0.2, -0.15) is 4.98 Å². The van der Waals surface area contributed by atoms with E-state index in [9.17, 15) is 14.9 Å². The largest absolute Gasteiger partial charge is 0.341 e. The van der Waals surface area contributed by atoms with Crippen LogP contribution in [0, 0.1) is 17.0 Å². The number of carbonyl (C=O) groups is 1. The Morgan fingerprint density at radius 3 is 2.65 bits per heavy atom. The van der Waals surface area contributed by atoms with Crippen molar-refractivity contribution in [3.8, 4) is 11.4 Å². The van der Waals surface area contributed by atoms with Crippen molar-refractivity contribution in [2.75, 3.05) is 0 Å². The minimum atomic E-state index is -0.550. The third kappa shape index (κ3) is 3.75. The standard InChI is InChI=1S/C18H16N4O4/c1-11-6-8-13(9-7-11)16-20-18(26-21-16)12(2)19-17(23)14-4-3-5-15(10-14)22(24)25/h3-10,12H,1-2H3,(H,19,23)/t12-/m1/s1. The SMILES string of the molecule is Cc1ccc(-c2noc([C@@H](C)NC(=O)c3cccc([N+](=O)[O-])c3)n2)cc1. The number of nitrogens with zero attached hydrogens (tertiary/aromatic N) is 3. The van der Waals surface area contributed by atoms with Gasteiger partial charge in [-0.3, -0.25) is 14.9 Å². The van der Waals surface area contributed by atoms with E-state index in [1.807, 2.05) is 31.2 Å². The molecule has 8 heteroatoms. The van der Waals surface area contributed by atoms with Gasteiger partial charge in [0.05, 0.1) is 4.92 Å². The highest BCUT2D eigenvalue weighted by Gasteiger charge is 2.19. The molecule has 0 spiro atoms. The molecule has 0 aliphatic heterocycles. The first-order valence-corrected chi connectivity index (χ1v) is 7.90. The van der Waals surface area contributed by atoms with E-state index in [0.717, 1.165) is 11.1 Å². The summed E-state index contributed by atoms with van der Waals surface area (Å²) in [5.41, 5.74) is 1.96. The summed E-state index contributed by atoms with van der Waals surface area (Å²) in [5, 5.41) is 17.4. The van der Waals surface area contributed by atoms with Crippen LogP contribution in [0.1, 0.15) is 34.8 Å². The van der Waals surface area contributed by atoms with Crippen molar-refractivity contribution in [1.82, 2.24) is 15.5 Å². The van der Waals surface area contributed by atoms with E-state index in [2.05, 4.69) is 15.5 Å². The average molecular weight is 352 g/mol. The zero-order valence-electron chi connectivity index (χ0n) is 14.2. The van der Waals surface area contributed by atoms with Crippen molar-refractivity contribution in [2.24, 2.45) is 0 Å². The minimum Gasteiger partial charge on any atom is -0.341 e. The summed E-state index contributed by atoms with van der Waals surface area (Å²) in [5.74, 6) is 0.215. The van der Waals surface area contributed by atoms with Crippen LogP contribution in [0.4, 0.5) is 5.69 Å². The van der Waals surface area contributed by atoms with Gasteiger partial charge in [-0.1, -0.05) is 41.1 Å². The fraction of sp³-hybridized carbons (Fsp3) is 0.167. The molecule has 0 bridgehead atoms. The monoisotopic (exact) mass is 352 g/mol. The summed E-state index contributed by atoms with van der Waals surface area (Å²) >= 11 is 0. The van der Waals surface area contributed by atoms with Gasteiger partial charge in [0, 0.05) is 23.3 Å². The van der Waals surface area contributed by atoms with Crippen molar-refractivity contribution < 1.29 is 14.2 Å². The number of nitro groups is 1. The van der Waals surface area contributed by atoms with Crippen molar-refractivity contribution in [3.05, 3.63) is 75.7 Å². The molecule has 3 aromatic rings. The number of hydrogen-bond donors (Lipinski definition) is 1. The molecule has 26 heavy (non-hydrogen) atoms. The predicted octanol–water partition coefficient (Wildman–Crippen LogP) is 3.44. The Hall–Kier alpha value is -3.55. The molecule has 8 nitrogen and oxygen atoms in total. The van der Waals surface area contributed by atoms with Gasteiger partial charge in [-0.15, -0.1) is 0 Å². The van der Waals surface area contributed by atoms with Crippen LogP contribution in [-0.4, -0.2) is 21.0 Å². The predicted molar refractivity (Wildman–Crippen MR) is 93.4 cm³/mol. The molecule has 132 valence electrons. The molecular formula is C18H16N4O4. The summed E-state index contributed by atoms with van der Waals surface area (Å²) in [6.07, 6.45) is 0. The molecule has 0 aliphatic carbocycles. The second-order valence-electron chi connectivity index (χ2n) is 5.82. The molecule has 0 saturated carbocycles. The van der Waals surface area contributed by atoms with E-state index >= 15 is 0 Å². The first-order chi connectivity index (χ1) is 12.4. The van der Waals surface area contributed by atoms with Crippen LogP contribution in [0.15, 0.2) is 53.1 Å². The van der Waals surface area contributed by atoms with E-state index in [1.165, 1.54) is 24.3 Å². The van der Waals surface area contributed by atoms with Crippen LogP contribution in [0.2, 0.25) is 0 Å². The third-order valence-electron chi connectivity index (χ3n) is 3.79. The Morgan fingerprint density at radius 1 is 1.23 bits per heavy atom. The summed E-state index contributed by atoms with van der Waals surface area (Å²) < 4.78 is 5.23. The minimum absolute atomic E-state index is 0.148. The van der Waals surface area contributed by atoms with E-state index in [-0.39, 0.29) is 17.1 Å². The Bertz CT molecular complexity index is 950. The number of hydrogen-bond acceptors (Lipinski definition) is 6. The zero-order chi connectivity index (χ0) is 18.7. The Balaban J connectivity index is 1.73. The second-order valence-corrected chi connectivity index (χ2v) is 5.82. The van der Waals surface area contributed by atoms with Gasteiger partial charge in [-0.05, 0) is 19.9 Å². The van der Waals surface area contributed by atoms with E-state index < -0.39 is 16.9 Å². The van der Waals surface area contributed by atoms with Crippen molar-refractivity contribution in [1.29, 1.82) is 0 Å². The van der Waals surface area contributed by atoms with Gasteiger partial charge in [0.15, 0.2) is 0 Å². The maximum absolute atomic E-state index is 12.3. The van der Waals surface area contributed by atoms with Gasteiger partial charge in [0.25, 0.3) is 11.6 Å². The van der Waals surface area contributed by atoms with Crippen LogP contribution in [0.25, 0.3) is 11.4 Å². The van der Waals surface area contributed by atoms with Crippen molar-refractivity contribution in [2.45, 2.75) is 19.9 Å². The quantitative estimate of drug-likeness (QED) is 0.556. The molecule has 1 N–H and O–H groups in total. The summed E-state index contributed by atoms with van der Waals surface area (Å²) in [4.78, 5) is 26.9. The Morgan fingerprint density at radius 2 is 1.96 bits per heavy atom. The van der Waals surface area contributed by atoms with E-state index in [4.69, 9.17) is 4.52 Å². The number of nitro benzene ring substituents is 1. The van der Waals surface area contributed by atoms with Gasteiger partial charge < -0.3 is 9.84 Å². The molecule has 0 unspecified atom stereocenters. The number of non-ortho nitro benzene ring substituents is 1. The van der Waals surface area contributed by atoms with Crippen LogP contribution in [0.3, 0.4) is 0 Å². The second kappa shape index (κ2) is 7.14. The van der Waals surface area contributed by atoms with Gasteiger partial charge in [0.1, 0.15) is 6.04 Å². The molecule has 2 aromatic carbocycles. The maximum atomic E-state index is 12.3. The fourth-order valence-electron chi connectivity index (χ4n) is 2.33. The Kier molecular flexibility index (Phi) is 4.74. The maximum Gasteiger partial charge on any atom is 0.270 e. The third-order valence-corrected chi connectivity index (χ3v) is 3.79. The Labute approximate surface area is 149 Å². The van der Waals surface area contributed by atoms with Gasteiger partial charge >= 0.3 is 0 Å². The molecule has 0 saturated heterocycles. The van der Waals surface area contributed by atoms with E-state index in [0.29, 0.717) is 5.82 Å². The lowest BCUT2D eigenvalue weighted by Gasteiger charge is -2.09. The average Bonchev–Trinajstić information content (AvgIpc) is 3.12.